The number of hydrogen-bond acceptors (Lipinski definition) is 4. The first-order chi connectivity index (χ1) is 12.2. The van der Waals surface area contributed by atoms with Gasteiger partial charge in [-0.25, -0.2) is 4.39 Å². The largest absolute Gasteiger partial charge is 0.378 e. The highest BCUT2D eigenvalue weighted by atomic mass is 19.1. The van der Waals surface area contributed by atoms with Gasteiger partial charge in [0, 0.05) is 25.8 Å². The standard InChI is InChI=1S/C19H20FN3O2/c20-16-8-15(9-21-10-16)19(24)22-6-7-23-17(11-22)12-25-13-18(23)14-4-2-1-3-5-14/h1-5,8-10,17-18H,6-7,11-13H2/t17-,18-/m1/s1. The quantitative estimate of drug-likeness (QED) is 0.839. The zero-order valence-electron chi connectivity index (χ0n) is 13.8. The predicted molar refractivity (Wildman–Crippen MR) is 90.6 cm³/mol. The minimum Gasteiger partial charge on any atom is -0.378 e. The molecule has 1 aromatic carbocycles. The van der Waals surface area contributed by atoms with Crippen LogP contribution >= 0.6 is 0 Å². The van der Waals surface area contributed by atoms with Gasteiger partial charge in [0.05, 0.1) is 37.1 Å². The van der Waals surface area contributed by atoms with E-state index in [9.17, 15) is 9.18 Å². The first-order valence-corrected chi connectivity index (χ1v) is 8.50. The van der Waals surface area contributed by atoms with E-state index in [-0.39, 0.29) is 18.0 Å². The Morgan fingerprint density at radius 2 is 2.00 bits per heavy atom. The van der Waals surface area contributed by atoms with Gasteiger partial charge in [-0.2, -0.15) is 0 Å². The number of rotatable bonds is 2. The lowest BCUT2D eigenvalue weighted by Crippen LogP contribution is -2.60. The highest BCUT2D eigenvalue weighted by Crippen LogP contribution is 2.29. The highest BCUT2D eigenvalue weighted by Gasteiger charge is 2.37. The van der Waals surface area contributed by atoms with E-state index in [0.717, 1.165) is 12.7 Å². The van der Waals surface area contributed by atoms with Crippen molar-refractivity contribution in [3.8, 4) is 0 Å². The number of fused-ring (bicyclic) bond motifs is 1. The van der Waals surface area contributed by atoms with Gasteiger partial charge in [-0.1, -0.05) is 30.3 Å². The van der Waals surface area contributed by atoms with Gasteiger partial charge >= 0.3 is 0 Å². The topological polar surface area (TPSA) is 45.7 Å². The smallest absolute Gasteiger partial charge is 0.255 e. The Bertz CT molecular complexity index is 755. The molecule has 3 heterocycles. The lowest BCUT2D eigenvalue weighted by molar-refractivity contribution is -0.0770. The molecular formula is C19H20FN3O2. The molecule has 1 aromatic heterocycles. The molecule has 130 valence electrons. The Hall–Kier alpha value is -2.31. The number of pyridine rings is 1. The molecule has 2 aliphatic heterocycles. The van der Waals surface area contributed by atoms with Crippen molar-refractivity contribution in [2.45, 2.75) is 12.1 Å². The van der Waals surface area contributed by atoms with E-state index in [1.165, 1.54) is 17.8 Å². The van der Waals surface area contributed by atoms with Crippen LogP contribution in [-0.4, -0.2) is 59.6 Å². The fraction of sp³-hybridized carbons (Fsp3) is 0.368. The molecule has 0 radical (unpaired) electrons. The molecule has 2 aliphatic rings. The van der Waals surface area contributed by atoms with Crippen molar-refractivity contribution in [2.75, 3.05) is 32.8 Å². The fourth-order valence-electron chi connectivity index (χ4n) is 3.70. The molecule has 2 fully saturated rings. The molecule has 5 nitrogen and oxygen atoms in total. The summed E-state index contributed by atoms with van der Waals surface area (Å²) in [5, 5.41) is 0. The van der Waals surface area contributed by atoms with Crippen molar-refractivity contribution in [3.63, 3.8) is 0 Å². The second-order valence-electron chi connectivity index (χ2n) is 6.50. The third-order valence-corrected chi connectivity index (χ3v) is 4.94. The number of amides is 1. The second-order valence-corrected chi connectivity index (χ2v) is 6.50. The van der Waals surface area contributed by atoms with Crippen molar-refractivity contribution < 1.29 is 13.9 Å². The van der Waals surface area contributed by atoms with E-state index in [4.69, 9.17) is 4.74 Å². The van der Waals surface area contributed by atoms with Gasteiger partial charge < -0.3 is 9.64 Å². The zero-order valence-corrected chi connectivity index (χ0v) is 13.8. The van der Waals surface area contributed by atoms with Crippen molar-refractivity contribution in [1.82, 2.24) is 14.8 Å². The van der Waals surface area contributed by atoms with E-state index in [0.29, 0.717) is 31.9 Å². The summed E-state index contributed by atoms with van der Waals surface area (Å²) in [5.41, 5.74) is 1.53. The van der Waals surface area contributed by atoms with Crippen molar-refractivity contribution in [1.29, 1.82) is 0 Å². The summed E-state index contributed by atoms with van der Waals surface area (Å²) in [5.74, 6) is -0.664. The summed E-state index contributed by atoms with van der Waals surface area (Å²) in [6.45, 7) is 3.26. The molecular weight excluding hydrogens is 321 g/mol. The average molecular weight is 341 g/mol. The van der Waals surface area contributed by atoms with Gasteiger partial charge in [0.15, 0.2) is 0 Å². The number of hydrogen-bond donors (Lipinski definition) is 0. The zero-order chi connectivity index (χ0) is 17.2. The Balaban J connectivity index is 1.49. The predicted octanol–water partition coefficient (Wildman–Crippen LogP) is 2.12. The van der Waals surface area contributed by atoms with Crippen LogP contribution in [0.1, 0.15) is 22.0 Å². The first-order valence-electron chi connectivity index (χ1n) is 8.50. The summed E-state index contributed by atoms with van der Waals surface area (Å²) in [6, 6.07) is 11.9. The summed E-state index contributed by atoms with van der Waals surface area (Å²) in [6.07, 6.45) is 2.52. The molecule has 1 amide bonds. The SMILES string of the molecule is O=C(c1cncc(F)c1)N1CCN2[C@@H](COC[C@@H]2c2ccccc2)C1. The molecule has 0 N–H and O–H groups in total. The van der Waals surface area contributed by atoms with Gasteiger partial charge in [0.25, 0.3) is 5.91 Å². The van der Waals surface area contributed by atoms with Crippen molar-refractivity contribution in [3.05, 3.63) is 65.7 Å². The number of carbonyl (C=O) groups excluding carboxylic acids is 1. The molecule has 0 bridgehead atoms. The average Bonchev–Trinajstić information content (AvgIpc) is 2.67. The Morgan fingerprint density at radius 3 is 2.80 bits per heavy atom. The maximum absolute atomic E-state index is 13.3. The van der Waals surface area contributed by atoms with Gasteiger partial charge in [0.2, 0.25) is 0 Å². The normalized spacial score (nSPS) is 24.0. The van der Waals surface area contributed by atoms with Crippen molar-refractivity contribution in [2.24, 2.45) is 0 Å². The molecule has 4 rings (SSSR count). The second kappa shape index (κ2) is 6.90. The molecule has 2 saturated heterocycles. The lowest BCUT2D eigenvalue weighted by Gasteiger charge is -2.48. The number of nitrogens with zero attached hydrogens (tertiary/aromatic N) is 3. The van der Waals surface area contributed by atoms with Crippen LogP contribution < -0.4 is 0 Å². The van der Waals surface area contributed by atoms with Crippen LogP contribution in [-0.2, 0) is 4.74 Å². The highest BCUT2D eigenvalue weighted by molar-refractivity contribution is 5.94. The first kappa shape index (κ1) is 16.2. The summed E-state index contributed by atoms with van der Waals surface area (Å²) >= 11 is 0. The van der Waals surface area contributed by atoms with Crippen LogP contribution in [0.3, 0.4) is 0 Å². The lowest BCUT2D eigenvalue weighted by atomic mass is 10.00. The number of ether oxygens (including phenoxy) is 1. The third kappa shape index (κ3) is 3.27. The summed E-state index contributed by atoms with van der Waals surface area (Å²) < 4.78 is 19.1. The molecule has 25 heavy (non-hydrogen) atoms. The van der Waals surface area contributed by atoms with Crippen molar-refractivity contribution >= 4 is 5.91 Å². The number of halogens is 1. The molecule has 6 heteroatoms. The number of aromatic nitrogens is 1. The maximum atomic E-state index is 13.3. The number of piperazine rings is 1. The van der Waals surface area contributed by atoms with Crippen LogP contribution in [0, 0.1) is 5.82 Å². The Morgan fingerprint density at radius 1 is 1.16 bits per heavy atom. The number of benzene rings is 1. The molecule has 2 aromatic rings. The van der Waals surface area contributed by atoms with Crippen LogP contribution in [0.4, 0.5) is 4.39 Å². The van der Waals surface area contributed by atoms with E-state index in [2.05, 4.69) is 22.0 Å². The van der Waals surface area contributed by atoms with Crippen LogP contribution in [0.2, 0.25) is 0 Å². The Labute approximate surface area is 146 Å². The number of morpholine rings is 1. The van der Waals surface area contributed by atoms with Crippen LogP contribution in [0.15, 0.2) is 48.8 Å². The molecule has 0 aliphatic carbocycles. The van der Waals surface area contributed by atoms with E-state index < -0.39 is 5.82 Å². The minimum absolute atomic E-state index is 0.151. The van der Waals surface area contributed by atoms with Crippen LogP contribution in [0.25, 0.3) is 0 Å². The Kier molecular flexibility index (Phi) is 4.46. The third-order valence-electron chi connectivity index (χ3n) is 4.94. The maximum Gasteiger partial charge on any atom is 0.255 e. The number of carbonyl (C=O) groups is 1. The van der Waals surface area contributed by atoms with Gasteiger partial charge in [-0.3, -0.25) is 14.7 Å². The molecule has 0 unspecified atom stereocenters. The van der Waals surface area contributed by atoms with Gasteiger partial charge in [-0.15, -0.1) is 0 Å². The molecule has 2 atom stereocenters. The van der Waals surface area contributed by atoms with E-state index in [1.807, 2.05) is 18.2 Å². The van der Waals surface area contributed by atoms with E-state index >= 15 is 0 Å². The summed E-state index contributed by atoms with van der Waals surface area (Å²) in [4.78, 5) is 20.6. The molecule has 0 spiro atoms. The monoisotopic (exact) mass is 341 g/mol. The fourth-order valence-corrected chi connectivity index (χ4v) is 3.70. The summed E-state index contributed by atoms with van der Waals surface area (Å²) in [7, 11) is 0. The van der Waals surface area contributed by atoms with Crippen LogP contribution in [0.5, 0.6) is 0 Å². The molecule has 0 saturated carbocycles. The van der Waals surface area contributed by atoms with Gasteiger partial charge in [-0.05, 0) is 11.6 Å². The minimum atomic E-state index is -0.491. The van der Waals surface area contributed by atoms with E-state index in [1.54, 1.807) is 4.90 Å². The van der Waals surface area contributed by atoms with Gasteiger partial charge in [0.1, 0.15) is 5.82 Å².